The van der Waals surface area contributed by atoms with E-state index < -0.39 is 0 Å². The highest BCUT2D eigenvalue weighted by Gasteiger charge is 2.00. The van der Waals surface area contributed by atoms with Crippen molar-refractivity contribution in [2.45, 2.75) is 13.0 Å². The fourth-order valence-electron chi connectivity index (χ4n) is 1.67. The third kappa shape index (κ3) is 5.01. The molecule has 0 unspecified atom stereocenters. The molecule has 100 valence electrons. The lowest BCUT2D eigenvalue weighted by Crippen LogP contribution is -2.17. The predicted molar refractivity (Wildman–Crippen MR) is 80.2 cm³/mol. The maximum absolute atomic E-state index is 5.59. The van der Waals surface area contributed by atoms with Gasteiger partial charge in [-0.15, -0.1) is 0 Å². The minimum atomic E-state index is 0.658. The van der Waals surface area contributed by atoms with Crippen LogP contribution in [0.2, 0.25) is 0 Å². The summed E-state index contributed by atoms with van der Waals surface area (Å²) in [4.78, 5) is 4.15. The summed E-state index contributed by atoms with van der Waals surface area (Å²) in [6.07, 6.45) is 2.68. The van der Waals surface area contributed by atoms with E-state index in [4.69, 9.17) is 4.74 Å². The number of pyridine rings is 1. The molecule has 1 N–H and O–H groups in total. The molecule has 19 heavy (non-hydrogen) atoms. The maximum Gasteiger partial charge on any atom is 0.227 e. The van der Waals surface area contributed by atoms with Crippen LogP contribution in [-0.4, -0.2) is 18.1 Å². The zero-order valence-corrected chi connectivity index (χ0v) is 12.3. The summed E-state index contributed by atoms with van der Waals surface area (Å²) in [5, 5.41) is 3.39. The minimum Gasteiger partial charge on any atom is -0.477 e. The average molecular weight is 321 g/mol. The van der Waals surface area contributed by atoms with Gasteiger partial charge in [-0.05, 0) is 46.6 Å². The first kappa shape index (κ1) is 14.0. The van der Waals surface area contributed by atoms with Gasteiger partial charge in [0.2, 0.25) is 5.88 Å². The second kappa shape index (κ2) is 7.92. The molecule has 0 aliphatic carbocycles. The summed E-state index contributed by atoms with van der Waals surface area (Å²) in [6.45, 7) is 2.49. The standard InChI is InChI=1S/C15H17BrN2O/c16-14-8-4-10-18-15(14)19-11-5-9-17-12-13-6-2-1-3-7-13/h1-4,6-8,10,17H,5,9,11-12H2. The Bertz CT molecular complexity index is 491. The van der Waals surface area contributed by atoms with Crippen molar-refractivity contribution in [3.05, 3.63) is 58.7 Å². The van der Waals surface area contributed by atoms with Crippen molar-refractivity contribution in [2.75, 3.05) is 13.2 Å². The van der Waals surface area contributed by atoms with Crippen molar-refractivity contribution < 1.29 is 4.74 Å². The van der Waals surface area contributed by atoms with Crippen LogP contribution in [0.5, 0.6) is 5.88 Å². The number of hydrogen-bond donors (Lipinski definition) is 1. The molecular formula is C15H17BrN2O. The zero-order chi connectivity index (χ0) is 13.3. The molecule has 0 aliphatic heterocycles. The molecule has 0 atom stereocenters. The lowest BCUT2D eigenvalue weighted by molar-refractivity contribution is 0.294. The van der Waals surface area contributed by atoms with Crippen molar-refractivity contribution >= 4 is 15.9 Å². The lowest BCUT2D eigenvalue weighted by atomic mass is 10.2. The summed E-state index contributed by atoms with van der Waals surface area (Å²) in [6, 6.07) is 14.2. The minimum absolute atomic E-state index is 0.658. The van der Waals surface area contributed by atoms with Gasteiger partial charge in [0.15, 0.2) is 0 Å². The van der Waals surface area contributed by atoms with E-state index in [9.17, 15) is 0 Å². The molecule has 0 amide bonds. The molecule has 0 saturated heterocycles. The van der Waals surface area contributed by atoms with E-state index >= 15 is 0 Å². The highest BCUT2D eigenvalue weighted by molar-refractivity contribution is 9.10. The highest BCUT2D eigenvalue weighted by Crippen LogP contribution is 2.20. The van der Waals surface area contributed by atoms with E-state index in [0.29, 0.717) is 12.5 Å². The summed E-state index contributed by atoms with van der Waals surface area (Å²) in [7, 11) is 0. The zero-order valence-electron chi connectivity index (χ0n) is 10.7. The van der Waals surface area contributed by atoms with E-state index in [0.717, 1.165) is 24.0 Å². The normalized spacial score (nSPS) is 10.4. The molecule has 0 aliphatic rings. The third-order valence-corrected chi connectivity index (χ3v) is 3.24. The SMILES string of the molecule is Brc1cccnc1OCCCNCc1ccccc1. The second-order valence-electron chi connectivity index (χ2n) is 4.15. The fraction of sp³-hybridized carbons (Fsp3) is 0.267. The van der Waals surface area contributed by atoms with E-state index in [2.05, 4.69) is 50.5 Å². The number of rotatable bonds is 7. The van der Waals surface area contributed by atoms with Crippen LogP contribution in [0, 0.1) is 0 Å². The van der Waals surface area contributed by atoms with Crippen LogP contribution in [0.25, 0.3) is 0 Å². The maximum atomic E-state index is 5.59. The number of halogens is 1. The quantitative estimate of drug-likeness (QED) is 0.794. The Labute approximate surface area is 122 Å². The van der Waals surface area contributed by atoms with Crippen molar-refractivity contribution in [3.63, 3.8) is 0 Å². The number of benzene rings is 1. The molecule has 0 spiro atoms. The molecule has 1 aromatic carbocycles. The first-order chi connectivity index (χ1) is 9.36. The Morgan fingerprint density at radius 2 is 1.95 bits per heavy atom. The molecule has 1 heterocycles. The molecule has 3 nitrogen and oxygen atoms in total. The van der Waals surface area contributed by atoms with Crippen LogP contribution in [0.1, 0.15) is 12.0 Å². The van der Waals surface area contributed by atoms with Gasteiger partial charge in [-0.3, -0.25) is 0 Å². The van der Waals surface area contributed by atoms with E-state index in [1.165, 1.54) is 5.56 Å². The number of nitrogens with one attached hydrogen (secondary N) is 1. The van der Waals surface area contributed by atoms with Gasteiger partial charge in [-0.2, -0.15) is 0 Å². The van der Waals surface area contributed by atoms with Crippen LogP contribution < -0.4 is 10.1 Å². The molecular weight excluding hydrogens is 304 g/mol. The highest BCUT2D eigenvalue weighted by atomic mass is 79.9. The van der Waals surface area contributed by atoms with Crippen LogP contribution in [0.15, 0.2) is 53.1 Å². The van der Waals surface area contributed by atoms with Gasteiger partial charge in [0.05, 0.1) is 11.1 Å². The van der Waals surface area contributed by atoms with Gasteiger partial charge in [-0.25, -0.2) is 4.98 Å². The van der Waals surface area contributed by atoms with Gasteiger partial charge in [0.1, 0.15) is 0 Å². The summed E-state index contributed by atoms with van der Waals surface area (Å²) in [5.74, 6) is 0.658. The second-order valence-corrected chi connectivity index (χ2v) is 5.01. The Balaban J connectivity index is 1.59. The van der Waals surface area contributed by atoms with Gasteiger partial charge >= 0.3 is 0 Å². The Kier molecular flexibility index (Phi) is 5.85. The molecule has 0 radical (unpaired) electrons. The summed E-state index contributed by atoms with van der Waals surface area (Å²) in [5.41, 5.74) is 1.30. The number of aromatic nitrogens is 1. The van der Waals surface area contributed by atoms with Crippen molar-refractivity contribution in [2.24, 2.45) is 0 Å². The van der Waals surface area contributed by atoms with E-state index in [-0.39, 0.29) is 0 Å². The van der Waals surface area contributed by atoms with E-state index in [1.807, 2.05) is 18.2 Å². The van der Waals surface area contributed by atoms with Crippen LogP contribution >= 0.6 is 15.9 Å². The lowest BCUT2D eigenvalue weighted by Gasteiger charge is -2.07. The van der Waals surface area contributed by atoms with Crippen LogP contribution in [0.4, 0.5) is 0 Å². The van der Waals surface area contributed by atoms with Gasteiger partial charge in [0, 0.05) is 12.7 Å². The van der Waals surface area contributed by atoms with Gasteiger partial charge in [-0.1, -0.05) is 30.3 Å². The fourth-order valence-corrected chi connectivity index (χ4v) is 2.04. The molecule has 4 heteroatoms. The van der Waals surface area contributed by atoms with Gasteiger partial charge < -0.3 is 10.1 Å². The third-order valence-electron chi connectivity index (χ3n) is 2.63. The summed E-state index contributed by atoms with van der Waals surface area (Å²) < 4.78 is 6.49. The molecule has 1 aromatic heterocycles. The Morgan fingerprint density at radius 1 is 1.11 bits per heavy atom. The topological polar surface area (TPSA) is 34.1 Å². The smallest absolute Gasteiger partial charge is 0.227 e. The van der Waals surface area contributed by atoms with Crippen LogP contribution in [-0.2, 0) is 6.54 Å². The number of ether oxygens (including phenoxy) is 1. The van der Waals surface area contributed by atoms with Crippen molar-refractivity contribution in [1.82, 2.24) is 10.3 Å². The molecule has 0 saturated carbocycles. The van der Waals surface area contributed by atoms with Crippen molar-refractivity contribution in [3.8, 4) is 5.88 Å². The monoisotopic (exact) mass is 320 g/mol. The molecule has 0 fully saturated rings. The van der Waals surface area contributed by atoms with Crippen molar-refractivity contribution in [1.29, 1.82) is 0 Å². The van der Waals surface area contributed by atoms with Crippen LogP contribution in [0.3, 0.4) is 0 Å². The first-order valence-corrected chi connectivity index (χ1v) is 7.13. The van der Waals surface area contributed by atoms with E-state index in [1.54, 1.807) is 6.20 Å². The molecule has 0 bridgehead atoms. The number of nitrogens with zero attached hydrogens (tertiary/aromatic N) is 1. The molecule has 2 rings (SSSR count). The predicted octanol–water partition coefficient (Wildman–Crippen LogP) is 3.40. The molecule has 2 aromatic rings. The first-order valence-electron chi connectivity index (χ1n) is 6.34. The average Bonchev–Trinajstić information content (AvgIpc) is 2.45. The number of hydrogen-bond acceptors (Lipinski definition) is 3. The largest absolute Gasteiger partial charge is 0.477 e. The summed E-state index contributed by atoms with van der Waals surface area (Å²) >= 11 is 3.41. The van der Waals surface area contributed by atoms with Gasteiger partial charge in [0.25, 0.3) is 0 Å². The Hall–Kier alpha value is -1.39. The Morgan fingerprint density at radius 3 is 2.74 bits per heavy atom.